The summed E-state index contributed by atoms with van der Waals surface area (Å²) in [6.45, 7) is 7.75. The zero-order valence-corrected chi connectivity index (χ0v) is 14.2. The van der Waals surface area contributed by atoms with Gasteiger partial charge in [-0.05, 0) is 25.7 Å². The third-order valence-corrected chi connectivity index (χ3v) is 4.19. The van der Waals surface area contributed by atoms with Crippen LogP contribution in [-0.2, 0) is 33.3 Å². The van der Waals surface area contributed by atoms with Gasteiger partial charge in [0.15, 0.2) is 0 Å². The molecule has 0 N–H and O–H groups in total. The van der Waals surface area contributed by atoms with Crippen LogP contribution in [0, 0.1) is 5.92 Å². The summed E-state index contributed by atoms with van der Waals surface area (Å²) in [5, 5.41) is 0. The van der Waals surface area contributed by atoms with Crippen LogP contribution < -0.4 is 0 Å². The fraction of sp³-hybridized carbons (Fsp3) is 0.611. The second-order valence-electron chi connectivity index (χ2n) is 6.23. The Hall–Kier alpha value is -2.15. The Bertz CT molecular complexity index is 532. The molecule has 138 valence electrons. The van der Waals surface area contributed by atoms with E-state index < -0.39 is 12.1 Å². The molecule has 7 heteroatoms. The van der Waals surface area contributed by atoms with Crippen molar-refractivity contribution in [1.82, 2.24) is 0 Å². The zero-order valence-electron chi connectivity index (χ0n) is 14.2. The van der Waals surface area contributed by atoms with Crippen LogP contribution in [0.3, 0.4) is 0 Å². The van der Waals surface area contributed by atoms with E-state index in [1.807, 2.05) is 0 Å². The molecule has 1 saturated carbocycles. The minimum atomic E-state index is -0.477. The summed E-state index contributed by atoms with van der Waals surface area (Å²) in [4.78, 5) is 35.0. The average molecular weight is 352 g/mol. The van der Waals surface area contributed by atoms with Gasteiger partial charge in [0, 0.05) is 0 Å². The molecule has 2 rings (SSSR count). The Morgan fingerprint density at radius 2 is 1.88 bits per heavy atom. The van der Waals surface area contributed by atoms with Crippen molar-refractivity contribution in [3.8, 4) is 0 Å². The van der Waals surface area contributed by atoms with Crippen LogP contribution in [-0.4, -0.2) is 49.9 Å². The van der Waals surface area contributed by atoms with Crippen LogP contribution in [0.4, 0.5) is 0 Å². The van der Waals surface area contributed by atoms with Crippen molar-refractivity contribution < 1.29 is 33.3 Å². The number of ether oxygens (including phenoxy) is 4. The lowest BCUT2D eigenvalue weighted by atomic mass is 9.87. The molecule has 2 aliphatic rings. The monoisotopic (exact) mass is 352 g/mol. The van der Waals surface area contributed by atoms with Gasteiger partial charge in [-0.1, -0.05) is 12.7 Å². The summed E-state index contributed by atoms with van der Waals surface area (Å²) in [7, 11) is 0. The molecule has 1 unspecified atom stereocenters. The van der Waals surface area contributed by atoms with E-state index in [4.69, 9.17) is 18.9 Å². The highest BCUT2D eigenvalue weighted by Gasteiger charge is 2.33. The minimum absolute atomic E-state index is 0.106. The maximum atomic E-state index is 12.1. The van der Waals surface area contributed by atoms with E-state index >= 15 is 0 Å². The van der Waals surface area contributed by atoms with Crippen molar-refractivity contribution in [3.63, 3.8) is 0 Å². The molecule has 2 fully saturated rings. The Morgan fingerprint density at radius 1 is 1.16 bits per heavy atom. The van der Waals surface area contributed by atoms with Crippen molar-refractivity contribution in [3.05, 3.63) is 24.8 Å². The van der Waals surface area contributed by atoms with Gasteiger partial charge in [0.1, 0.15) is 18.8 Å². The van der Waals surface area contributed by atoms with Crippen molar-refractivity contribution in [1.29, 1.82) is 0 Å². The Balaban J connectivity index is 1.67. The zero-order chi connectivity index (χ0) is 18.2. The molecular weight excluding hydrogens is 328 g/mol. The van der Waals surface area contributed by atoms with Crippen LogP contribution in [0.2, 0.25) is 0 Å². The molecular formula is C18H24O7. The summed E-state index contributed by atoms with van der Waals surface area (Å²) in [6.07, 6.45) is 3.34. The fourth-order valence-corrected chi connectivity index (χ4v) is 2.80. The molecule has 25 heavy (non-hydrogen) atoms. The van der Waals surface area contributed by atoms with Gasteiger partial charge in [0.25, 0.3) is 0 Å². The van der Waals surface area contributed by atoms with E-state index in [2.05, 4.69) is 13.2 Å². The largest absolute Gasteiger partial charge is 0.462 e. The molecule has 1 saturated heterocycles. The first-order valence-electron chi connectivity index (χ1n) is 8.43. The van der Waals surface area contributed by atoms with Crippen LogP contribution in [0.5, 0.6) is 0 Å². The maximum absolute atomic E-state index is 12.1. The lowest BCUT2D eigenvalue weighted by Gasteiger charge is -2.27. The van der Waals surface area contributed by atoms with Crippen LogP contribution in [0.25, 0.3) is 0 Å². The van der Waals surface area contributed by atoms with Gasteiger partial charge in [0.2, 0.25) is 0 Å². The number of cyclic esters (lactones) is 1. The highest BCUT2D eigenvalue weighted by Crippen LogP contribution is 2.28. The highest BCUT2D eigenvalue weighted by molar-refractivity contribution is 5.88. The maximum Gasteiger partial charge on any atom is 0.336 e. The van der Waals surface area contributed by atoms with E-state index in [1.54, 1.807) is 6.08 Å². The minimum Gasteiger partial charge on any atom is -0.462 e. The molecule has 0 aromatic heterocycles. The summed E-state index contributed by atoms with van der Waals surface area (Å²) in [5.41, 5.74) is 0.259. The van der Waals surface area contributed by atoms with Crippen molar-refractivity contribution in [2.24, 2.45) is 5.92 Å². The van der Waals surface area contributed by atoms with Gasteiger partial charge in [-0.2, -0.15) is 0 Å². The van der Waals surface area contributed by atoms with Gasteiger partial charge in [-0.25, -0.2) is 4.79 Å². The number of hydrogen-bond acceptors (Lipinski definition) is 7. The predicted molar refractivity (Wildman–Crippen MR) is 87.5 cm³/mol. The van der Waals surface area contributed by atoms with Crippen molar-refractivity contribution in [2.75, 3.05) is 19.8 Å². The molecule has 1 aliphatic heterocycles. The number of carbonyl (C=O) groups excluding carboxylic acids is 3. The SMILES string of the molecule is C=CCOCC(=C)C(=O)OC1CCC(C(=O)OC2COC(=O)C2)CC1. The number of rotatable bonds is 8. The second kappa shape index (κ2) is 9.36. The lowest BCUT2D eigenvalue weighted by Crippen LogP contribution is -2.31. The van der Waals surface area contributed by atoms with Crippen molar-refractivity contribution in [2.45, 2.75) is 44.3 Å². The molecule has 1 heterocycles. The predicted octanol–water partition coefficient (Wildman–Crippen LogP) is 1.71. The summed E-state index contributed by atoms with van der Waals surface area (Å²) in [6, 6.07) is 0. The Labute approximate surface area is 146 Å². The van der Waals surface area contributed by atoms with Gasteiger partial charge in [-0.3, -0.25) is 9.59 Å². The van der Waals surface area contributed by atoms with Crippen LogP contribution in [0.15, 0.2) is 24.8 Å². The molecule has 7 nitrogen and oxygen atoms in total. The molecule has 1 atom stereocenters. The number of hydrogen-bond donors (Lipinski definition) is 0. The first-order chi connectivity index (χ1) is 12.0. The van der Waals surface area contributed by atoms with Gasteiger partial charge in [0.05, 0.1) is 31.1 Å². The first kappa shape index (κ1) is 19.2. The summed E-state index contributed by atoms with van der Waals surface area (Å²) < 4.78 is 20.6. The summed E-state index contributed by atoms with van der Waals surface area (Å²) in [5.74, 6) is -1.36. The fourth-order valence-electron chi connectivity index (χ4n) is 2.80. The molecule has 0 amide bonds. The number of esters is 3. The number of carbonyl (C=O) groups is 3. The van der Waals surface area contributed by atoms with E-state index in [0.717, 1.165) is 0 Å². The molecule has 0 radical (unpaired) electrons. The highest BCUT2D eigenvalue weighted by atomic mass is 16.6. The summed E-state index contributed by atoms with van der Waals surface area (Å²) >= 11 is 0. The molecule has 0 spiro atoms. The third kappa shape index (κ3) is 6.01. The topological polar surface area (TPSA) is 88.1 Å². The van der Waals surface area contributed by atoms with Crippen molar-refractivity contribution >= 4 is 17.9 Å². The second-order valence-corrected chi connectivity index (χ2v) is 6.23. The van der Waals surface area contributed by atoms with Gasteiger partial charge in [-0.15, -0.1) is 6.58 Å². The molecule has 1 aliphatic carbocycles. The van der Waals surface area contributed by atoms with Crippen LogP contribution >= 0.6 is 0 Å². The Kier molecular flexibility index (Phi) is 7.18. The third-order valence-electron chi connectivity index (χ3n) is 4.19. The lowest BCUT2D eigenvalue weighted by molar-refractivity contribution is -0.157. The van der Waals surface area contributed by atoms with E-state index in [1.165, 1.54) is 0 Å². The molecule has 0 aromatic carbocycles. The Morgan fingerprint density at radius 3 is 2.48 bits per heavy atom. The smallest absolute Gasteiger partial charge is 0.336 e. The van der Waals surface area contributed by atoms with Crippen LogP contribution in [0.1, 0.15) is 32.1 Å². The molecule has 0 aromatic rings. The quantitative estimate of drug-likeness (QED) is 0.216. The standard InChI is InChI=1S/C18H24O7/c1-3-8-22-10-12(2)17(20)24-14-6-4-13(5-7-14)18(21)25-15-9-16(19)23-11-15/h3,13-15H,1-2,4-11H2. The van der Waals surface area contributed by atoms with E-state index in [9.17, 15) is 14.4 Å². The van der Waals surface area contributed by atoms with Gasteiger partial charge < -0.3 is 18.9 Å². The van der Waals surface area contributed by atoms with E-state index in [-0.39, 0.29) is 49.2 Å². The van der Waals surface area contributed by atoms with Gasteiger partial charge >= 0.3 is 17.9 Å². The normalized spacial score (nSPS) is 25.8. The average Bonchev–Trinajstić information content (AvgIpc) is 3.00. The first-order valence-corrected chi connectivity index (χ1v) is 8.43. The molecule has 0 bridgehead atoms. The van der Waals surface area contributed by atoms with E-state index in [0.29, 0.717) is 32.3 Å².